The minimum absolute atomic E-state index is 0.171. The van der Waals surface area contributed by atoms with Gasteiger partial charge in [0.2, 0.25) is 0 Å². The summed E-state index contributed by atoms with van der Waals surface area (Å²) in [6, 6.07) is 17.9. The van der Waals surface area contributed by atoms with Crippen LogP contribution in [0, 0.1) is 0 Å². The maximum Gasteiger partial charge on any atom is 0.256 e. The van der Waals surface area contributed by atoms with Crippen molar-refractivity contribution in [2.75, 3.05) is 11.4 Å². The molecule has 0 saturated heterocycles. The molecule has 1 atom stereocenters. The number of carbonyl (C=O) groups excluding carboxylic acids is 1. The summed E-state index contributed by atoms with van der Waals surface area (Å²) in [5.41, 5.74) is 3.54. The third-order valence-electron chi connectivity index (χ3n) is 4.36. The molecule has 0 saturated carbocycles. The molecule has 1 N–H and O–H groups in total. The fraction of sp³-hybridized carbons (Fsp3) is 0.250. The molecule has 1 aliphatic heterocycles. The number of hydrogen-bond donors (Lipinski definition) is 1. The van der Waals surface area contributed by atoms with Gasteiger partial charge in [0.15, 0.2) is 0 Å². The van der Waals surface area contributed by atoms with Crippen LogP contribution in [0.3, 0.4) is 0 Å². The van der Waals surface area contributed by atoms with Gasteiger partial charge < -0.3 is 10.0 Å². The first-order valence-electron chi connectivity index (χ1n) is 7.97. The monoisotopic (exact) mass is 307 g/mol. The average Bonchev–Trinajstić information content (AvgIpc) is 3.03. The van der Waals surface area contributed by atoms with Crippen LogP contribution in [0.1, 0.15) is 17.5 Å². The molecule has 23 heavy (non-hydrogen) atoms. The second kappa shape index (κ2) is 6.80. The topological polar surface area (TPSA) is 40.5 Å². The summed E-state index contributed by atoms with van der Waals surface area (Å²) in [5, 5.41) is 10.3. The summed E-state index contributed by atoms with van der Waals surface area (Å²) in [4.78, 5) is 14.4. The normalized spacial score (nSPS) is 14.4. The van der Waals surface area contributed by atoms with Gasteiger partial charge in [-0.15, -0.1) is 0 Å². The number of amides is 1. The fourth-order valence-corrected chi connectivity index (χ4v) is 2.99. The lowest BCUT2D eigenvalue weighted by Crippen LogP contribution is -2.34. The molecular formula is C20H21NO2. The first-order chi connectivity index (χ1) is 11.2. The highest BCUT2D eigenvalue weighted by molar-refractivity contribution is 6.07. The lowest BCUT2D eigenvalue weighted by atomic mass is 10.0. The Morgan fingerprint density at radius 1 is 1.13 bits per heavy atom. The molecule has 0 spiro atoms. The van der Waals surface area contributed by atoms with E-state index < -0.39 is 6.10 Å². The second-order valence-corrected chi connectivity index (χ2v) is 5.90. The number of aliphatic hydroxyl groups is 1. The predicted octanol–water partition coefficient (Wildman–Crippen LogP) is 3.13. The summed E-state index contributed by atoms with van der Waals surface area (Å²) >= 11 is 0. The zero-order valence-corrected chi connectivity index (χ0v) is 13.1. The van der Waals surface area contributed by atoms with Gasteiger partial charge in [0.05, 0.1) is 6.10 Å². The van der Waals surface area contributed by atoms with Gasteiger partial charge in [0, 0.05) is 17.8 Å². The lowest BCUT2D eigenvalue weighted by Gasteiger charge is -2.21. The van der Waals surface area contributed by atoms with E-state index in [0.717, 1.165) is 24.1 Å². The van der Waals surface area contributed by atoms with Crippen molar-refractivity contribution in [3.8, 4) is 0 Å². The SMILES string of the molecule is C=C(C(=O)N1CCc2ccccc21)C(O)CCc1ccccc1. The van der Waals surface area contributed by atoms with Crippen molar-refractivity contribution < 1.29 is 9.90 Å². The van der Waals surface area contributed by atoms with Crippen molar-refractivity contribution >= 4 is 11.6 Å². The van der Waals surface area contributed by atoms with E-state index in [2.05, 4.69) is 6.58 Å². The van der Waals surface area contributed by atoms with Gasteiger partial charge in [-0.2, -0.15) is 0 Å². The first kappa shape index (κ1) is 15.5. The molecule has 0 bridgehead atoms. The number of carbonyl (C=O) groups is 1. The third kappa shape index (κ3) is 3.35. The minimum Gasteiger partial charge on any atom is -0.388 e. The predicted molar refractivity (Wildman–Crippen MR) is 92.4 cm³/mol. The van der Waals surface area contributed by atoms with Gasteiger partial charge >= 0.3 is 0 Å². The number of rotatable bonds is 5. The zero-order chi connectivity index (χ0) is 16.2. The zero-order valence-electron chi connectivity index (χ0n) is 13.1. The van der Waals surface area contributed by atoms with E-state index >= 15 is 0 Å². The van der Waals surface area contributed by atoms with Crippen molar-refractivity contribution in [2.24, 2.45) is 0 Å². The summed E-state index contributed by atoms with van der Waals surface area (Å²) in [5.74, 6) is -0.171. The van der Waals surface area contributed by atoms with Crippen molar-refractivity contribution in [3.05, 3.63) is 77.9 Å². The molecule has 1 amide bonds. The average molecular weight is 307 g/mol. The molecule has 0 aliphatic carbocycles. The Morgan fingerprint density at radius 3 is 2.61 bits per heavy atom. The molecule has 3 heteroatoms. The Kier molecular flexibility index (Phi) is 4.58. The molecular weight excluding hydrogens is 286 g/mol. The molecule has 1 aliphatic rings. The van der Waals surface area contributed by atoms with Crippen LogP contribution in [0.5, 0.6) is 0 Å². The quantitative estimate of drug-likeness (QED) is 0.862. The summed E-state index contributed by atoms with van der Waals surface area (Å²) in [6.45, 7) is 4.50. The number of para-hydroxylation sites is 1. The van der Waals surface area contributed by atoms with E-state index in [4.69, 9.17) is 0 Å². The Labute approximate surface area is 136 Å². The summed E-state index contributed by atoms with van der Waals surface area (Å²) < 4.78 is 0. The van der Waals surface area contributed by atoms with Gasteiger partial charge in [-0.25, -0.2) is 0 Å². The van der Waals surface area contributed by atoms with Crippen LogP contribution in [0.25, 0.3) is 0 Å². The Hall–Kier alpha value is -2.39. The molecule has 118 valence electrons. The van der Waals surface area contributed by atoms with E-state index in [1.807, 2.05) is 54.6 Å². The lowest BCUT2D eigenvalue weighted by molar-refractivity contribution is -0.116. The Bertz CT molecular complexity index is 709. The van der Waals surface area contributed by atoms with Crippen LogP contribution in [0.4, 0.5) is 5.69 Å². The van der Waals surface area contributed by atoms with Crippen molar-refractivity contribution in [1.82, 2.24) is 0 Å². The summed E-state index contributed by atoms with van der Waals surface area (Å²) in [7, 11) is 0. The van der Waals surface area contributed by atoms with Gasteiger partial charge in [0.25, 0.3) is 5.91 Å². The van der Waals surface area contributed by atoms with Crippen LogP contribution < -0.4 is 4.90 Å². The van der Waals surface area contributed by atoms with E-state index in [-0.39, 0.29) is 11.5 Å². The van der Waals surface area contributed by atoms with Crippen LogP contribution in [-0.2, 0) is 17.6 Å². The largest absolute Gasteiger partial charge is 0.388 e. The highest BCUT2D eigenvalue weighted by Crippen LogP contribution is 2.29. The van der Waals surface area contributed by atoms with Crippen LogP contribution in [-0.4, -0.2) is 23.7 Å². The number of aryl methyl sites for hydroxylation is 1. The highest BCUT2D eigenvalue weighted by Gasteiger charge is 2.28. The molecule has 1 unspecified atom stereocenters. The number of aliphatic hydroxyl groups excluding tert-OH is 1. The van der Waals surface area contributed by atoms with Gasteiger partial charge in [0.1, 0.15) is 0 Å². The Morgan fingerprint density at radius 2 is 1.83 bits per heavy atom. The van der Waals surface area contributed by atoms with Gasteiger partial charge in [-0.05, 0) is 36.5 Å². The second-order valence-electron chi connectivity index (χ2n) is 5.90. The van der Waals surface area contributed by atoms with Crippen LogP contribution >= 0.6 is 0 Å². The van der Waals surface area contributed by atoms with Crippen molar-refractivity contribution in [2.45, 2.75) is 25.4 Å². The highest BCUT2D eigenvalue weighted by atomic mass is 16.3. The van der Waals surface area contributed by atoms with E-state index in [1.165, 1.54) is 5.56 Å². The summed E-state index contributed by atoms with van der Waals surface area (Å²) in [6.07, 6.45) is 1.28. The molecule has 0 fully saturated rings. The molecule has 2 aromatic rings. The molecule has 3 nitrogen and oxygen atoms in total. The number of hydrogen-bond acceptors (Lipinski definition) is 2. The Balaban J connectivity index is 1.62. The first-order valence-corrected chi connectivity index (χ1v) is 7.97. The number of fused-ring (bicyclic) bond motifs is 1. The molecule has 3 rings (SSSR count). The molecule has 0 radical (unpaired) electrons. The third-order valence-corrected chi connectivity index (χ3v) is 4.36. The van der Waals surface area contributed by atoms with Crippen molar-refractivity contribution in [1.29, 1.82) is 0 Å². The van der Waals surface area contributed by atoms with E-state index in [0.29, 0.717) is 13.0 Å². The maximum atomic E-state index is 12.6. The maximum absolute atomic E-state index is 12.6. The van der Waals surface area contributed by atoms with E-state index in [9.17, 15) is 9.90 Å². The molecule has 0 aromatic heterocycles. The number of anilines is 1. The standard InChI is InChI=1S/C20H21NO2/c1-15(19(22)12-11-16-7-3-2-4-8-16)20(23)21-14-13-17-9-5-6-10-18(17)21/h2-10,19,22H,1,11-14H2. The smallest absolute Gasteiger partial charge is 0.256 e. The van der Waals surface area contributed by atoms with Gasteiger partial charge in [-0.1, -0.05) is 55.1 Å². The van der Waals surface area contributed by atoms with Crippen LogP contribution in [0.15, 0.2) is 66.7 Å². The number of benzene rings is 2. The van der Waals surface area contributed by atoms with Crippen LogP contribution in [0.2, 0.25) is 0 Å². The fourth-order valence-electron chi connectivity index (χ4n) is 2.99. The molecule has 1 heterocycles. The minimum atomic E-state index is -0.810. The molecule has 2 aromatic carbocycles. The number of nitrogens with zero attached hydrogens (tertiary/aromatic N) is 1. The van der Waals surface area contributed by atoms with E-state index in [1.54, 1.807) is 4.90 Å². The van der Waals surface area contributed by atoms with Gasteiger partial charge in [-0.3, -0.25) is 4.79 Å². The van der Waals surface area contributed by atoms with Crippen molar-refractivity contribution in [3.63, 3.8) is 0 Å².